The maximum atomic E-state index is 14.7. The lowest BCUT2D eigenvalue weighted by atomic mass is 9.89. The molecule has 1 saturated heterocycles. The van der Waals surface area contributed by atoms with Gasteiger partial charge in [0.2, 0.25) is 0 Å². The molecule has 6 nitrogen and oxygen atoms in total. The van der Waals surface area contributed by atoms with Crippen LogP contribution >= 0.6 is 0 Å². The van der Waals surface area contributed by atoms with Gasteiger partial charge in [0, 0.05) is 30.1 Å². The van der Waals surface area contributed by atoms with Crippen molar-refractivity contribution >= 4 is 27.2 Å². The number of piperidine rings is 1. The number of amides is 1. The highest BCUT2D eigenvalue weighted by Gasteiger charge is 2.64. The fraction of sp³-hybridized carbons (Fsp3) is 0.429. The Hall–Kier alpha value is -2.76. The lowest BCUT2D eigenvalue weighted by molar-refractivity contribution is -0.137. The Balaban J connectivity index is 1.69. The fourth-order valence-electron chi connectivity index (χ4n) is 4.00. The van der Waals surface area contributed by atoms with Crippen LogP contribution in [-0.2, 0) is 16.0 Å². The zero-order valence-electron chi connectivity index (χ0n) is 17.4. The van der Waals surface area contributed by atoms with Crippen molar-refractivity contribution in [3.63, 3.8) is 0 Å². The fourth-order valence-corrected chi connectivity index (χ4v) is 4.67. The Bertz CT molecular complexity index is 1210. The largest absolute Gasteiger partial charge is 0.417 e. The summed E-state index contributed by atoms with van der Waals surface area (Å²) in [5.41, 5.74) is -2.79. The first-order valence-corrected chi connectivity index (χ1v) is 11.9. The number of carbonyl (C=O) groups excluding carboxylic acids is 1. The normalized spacial score (nSPS) is 19.4. The predicted octanol–water partition coefficient (Wildman–Crippen LogP) is 4.38. The summed E-state index contributed by atoms with van der Waals surface area (Å²) < 4.78 is 92.7. The lowest BCUT2D eigenvalue weighted by Crippen LogP contribution is -2.50. The van der Waals surface area contributed by atoms with Crippen molar-refractivity contribution in [1.82, 2.24) is 4.98 Å². The quantitative estimate of drug-likeness (QED) is 0.645. The third-order valence-corrected chi connectivity index (χ3v) is 7.25. The minimum absolute atomic E-state index is 0.0206. The summed E-state index contributed by atoms with van der Waals surface area (Å²) in [6.07, 6.45) is -2.42. The van der Waals surface area contributed by atoms with Crippen LogP contribution in [-0.4, -0.2) is 44.6 Å². The van der Waals surface area contributed by atoms with Crippen molar-refractivity contribution in [2.75, 3.05) is 29.6 Å². The molecule has 0 atom stereocenters. The van der Waals surface area contributed by atoms with Crippen molar-refractivity contribution in [3.05, 3.63) is 47.7 Å². The molecule has 33 heavy (non-hydrogen) atoms. The van der Waals surface area contributed by atoms with Crippen molar-refractivity contribution < 1.29 is 35.2 Å². The van der Waals surface area contributed by atoms with Gasteiger partial charge in [-0.1, -0.05) is 6.07 Å². The van der Waals surface area contributed by atoms with Gasteiger partial charge in [0.25, 0.3) is 11.8 Å². The molecule has 1 saturated carbocycles. The molecule has 1 aliphatic heterocycles. The Morgan fingerprint density at radius 1 is 1.15 bits per heavy atom. The third-order valence-electron chi connectivity index (χ3n) is 6.14. The number of halogens is 5. The van der Waals surface area contributed by atoms with E-state index in [1.54, 1.807) is 0 Å². The number of pyridine rings is 1. The summed E-state index contributed by atoms with van der Waals surface area (Å²) >= 11 is 0. The van der Waals surface area contributed by atoms with E-state index in [1.807, 2.05) is 0 Å². The van der Waals surface area contributed by atoms with Gasteiger partial charge in [-0.05, 0) is 43.5 Å². The molecule has 4 rings (SSSR count). The molecular weight excluding hydrogens is 469 g/mol. The highest BCUT2D eigenvalue weighted by atomic mass is 32.2. The Morgan fingerprint density at radius 3 is 2.42 bits per heavy atom. The summed E-state index contributed by atoms with van der Waals surface area (Å²) in [6.45, 7) is -0.632. The second-order valence-corrected chi connectivity index (χ2v) is 10.5. The van der Waals surface area contributed by atoms with Crippen LogP contribution in [0, 0.1) is 5.41 Å². The second kappa shape index (κ2) is 7.64. The molecule has 0 bridgehead atoms. The molecule has 1 N–H and O–H groups in total. The van der Waals surface area contributed by atoms with Crippen molar-refractivity contribution in [2.45, 2.75) is 36.3 Å². The highest BCUT2D eigenvalue weighted by Crippen LogP contribution is 2.61. The second-order valence-electron chi connectivity index (χ2n) is 8.50. The molecule has 2 aromatic rings. The number of rotatable bonds is 4. The minimum atomic E-state index is -4.80. The molecule has 12 heteroatoms. The predicted molar refractivity (Wildman–Crippen MR) is 110 cm³/mol. The number of alkyl halides is 5. The van der Waals surface area contributed by atoms with Crippen LogP contribution in [0.15, 0.2) is 41.4 Å². The van der Waals surface area contributed by atoms with E-state index in [0.29, 0.717) is 25.1 Å². The van der Waals surface area contributed by atoms with E-state index in [1.165, 1.54) is 18.2 Å². The van der Waals surface area contributed by atoms with Crippen LogP contribution in [0.2, 0.25) is 0 Å². The molecule has 178 valence electrons. The smallest absolute Gasteiger partial charge is 0.350 e. The average Bonchev–Trinajstić information content (AvgIpc) is 3.50. The minimum Gasteiger partial charge on any atom is -0.350 e. The average molecular weight is 489 g/mol. The third kappa shape index (κ3) is 4.53. The number of carbonyl (C=O) groups is 1. The number of hydrogen-bond acceptors (Lipinski definition) is 5. The summed E-state index contributed by atoms with van der Waals surface area (Å²) in [5, 5.41) is 2.35. The van der Waals surface area contributed by atoms with E-state index >= 15 is 0 Å². The molecule has 1 spiro atoms. The first-order chi connectivity index (χ1) is 15.2. The molecule has 1 amide bonds. The van der Waals surface area contributed by atoms with E-state index in [9.17, 15) is 35.2 Å². The zero-order valence-corrected chi connectivity index (χ0v) is 18.2. The Morgan fingerprint density at radius 2 is 1.85 bits per heavy atom. The highest BCUT2D eigenvalue weighted by molar-refractivity contribution is 7.90. The van der Waals surface area contributed by atoms with Gasteiger partial charge in [0.05, 0.1) is 22.6 Å². The van der Waals surface area contributed by atoms with Gasteiger partial charge < -0.3 is 10.2 Å². The van der Waals surface area contributed by atoms with Gasteiger partial charge in [-0.25, -0.2) is 22.2 Å². The van der Waals surface area contributed by atoms with Crippen LogP contribution in [0.25, 0.3) is 0 Å². The molecule has 2 heterocycles. The summed E-state index contributed by atoms with van der Waals surface area (Å²) in [4.78, 5) is 17.7. The number of nitrogens with one attached hydrogen (secondary N) is 1. The zero-order chi connectivity index (χ0) is 24.2. The maximum absolute atomic E-state index is 14.7. The number of benzene rings is 1. The SMILES string of the molecule is CS(=O)(=O)c1cccc(NC(=O)c2cc(C(F)(F)F)cnc2N2CCC3(CC3)C(F)(F)C2)c1. The van der Waals surface area contributed by atoms with Crippen LogP contribution < -0.4 is 10.2 Å². The molecule has 2 fully saturated rings. The van der Waals surface area contributed by atoms with Gasteiger partial charge in [-0.2, -0.15) is 13.2 Å². The van der Waals surface area contributed by atoms with Crippen molar-refractivity contribution in [1.29, 1.82) is 0 Å². The van der Waals surface area contributed by atoms with E-state index in [4.69, 9.17) is 0 Å². The standard InChI is InChI=1S/C21H20F5N3O3S/c1-33(31,32)15-4-2-3-14(10-15)28-18(30)16-9-13(21(24,25)26)11-27-17(16)29-8-7-19(5-6-19)20(22,23)12-29/h2-4,9-11H,5-8,12H2,1H3,(H,28,30). The molecule has 1 aromatic carbocycles. The first kappa shape index (κ1) is 23.4. The molecular formula is C21H20F5N3O3S. The van der Waals surface area contributed by atoms with E-state index < -0.39 is 50.9 Å². The Kier molecular flexibility index (Phi) is 5.42. The van der Waals surface area contributed by atoms with Gasteiger partial charge in [-0.3, -0.25) is 4.79 Å². The summed E-state index contributed by atoms with van der Waals surface area (Å²) in [7, 11) is -3.60. The number of sulfone groups is 1. The van der Waals surface area contributed by atoms with Crippen molar-refractivity contribution in [3.8, 4) is 0 Å². The van der Waals surface area contributed by atoms with Gasteiger partial charge in [0.15, 0.2) is 9.84 Å². The van der Waals surface area contributed by atoms with E-state index in [2.05, 4.69) is 10.3 Å². The number of hydrogen-bond donors (Lipinski definition) is 1. The molecule has 2 aliphatic rings. The molecule has 1 aromatic heterocycles. The van der Waals surface area contributed by atoms with E-state index in [-0.39, 0.29) is 29.4 Å². The topological polar surface area (TPSA) is 79.4 Å². The van der Waals surface area contributed by atoms with Crippen molar-refractivity contribution in [2.24, 2.45) is 5.41 Å². The summed E-state index contributed by atoms with van der Waals surface area (Å²) in [5.74, 6) is -4.37. The molecule has 0 unspecified atom stereocenters. The van der Waals surface area contributed by atoms with Crippen LogP contribution in [0.3, 0.4) is 0 Å². The monoisotopic (exact) mass is 489 g/mol. The number of nitrogens with zero attached hydrogens (tertiary/aromatic N) is 2. The van der Waals surface area contributed by atoms with Crippen LogP contribution in [0.1, 0.15) is 35.2 Å². The van der Waals surface area contributed by atoms with Gasteiger partial charge in [-0.15, -0.1) is 0 Å². The number of anilines is 2. The maximum Gasteiger partial charge on any atom is 0.417 e. The van der Waals surface area contributed by atoms with Gasteiger partial charge in [0.1, 0.15) is 5.82 Å². The Labute approximate surface area is 186 Å². The van der Waals surface area contributed by atoms with Gasteiger partial charge >= 0.3 is 6.18 Å². The van der Waals surface area contributed by atoms with Crippen LogP contribution in [0.5, 0.6) is 0 Å². The molecule has 1 aliphatic carbocycles. The van der Waals surface area contributed by atoms with Crippen LogP contribution in [0.4, 0.5) is 33.5 Å². The lowest BCUT2D eigenvalue weighted by Gasteiger charge is -2.40. The number of aromatic nitrogens is 1. The molecule has 0 radical (unpaired) electrons. The van der Waals surface area contributed by atoms with E-state index in [0.717, 1.165) is 17.2 Å². The summed E-state index contributed by atoms with van der Waals surface area (Å²) in [6, 6.07) is 5.74. The first-order valence-electron chi connectivity index (χ1n) is 10.0.